The first kappa shape index (κ1) is 25.6. The van der Waals surface area contributed by atoms with E-state index in [1.54, 1.807) is 6.07 Å². The quantitative estimate of drug-likeness (QED) is 0.298. The lowest BCUT2D eigenvalue weighted by Crippen LogP contribution is -2.16. The fraction of sp³-hybridized carbons (Fsp3) is 0.0833. The van der Waals surface area contributed by atoms with E-state index in [1.165, 1.54) is 47.0 Å². The highest BCUT2D eigenvalue weighted by Crippen LogP contribution is 2.41. The Labute approximate surface area is 208 Å². The number of primary amides is 2. The van der Waals surface area contributed by atoms with Gasteiger partial charge in [-0.05, 0) is 53.6 Å². The maximum atomic E-state index is 13.8. The van der Waals surface area contributed by atoms with E-state index >= 15 is 0 Å². The number of phenols is 1. The molecule has 2 amide bonds. The number of rotatable bonds is 6. The second kappa shape index (κ2) is 8.85. The Morgan fingerprint density at radius 1 is 0.973 bits per heavy atom. The molecule has 0 radical (unpaired) electrons. The summed E-state index contributed by atoms with van der Waals surface area (Å²) in [7, 11) is -3.62. The summed E-state index contributed by atoms with van der Waals surface area (Å²) in [4.78, 5) is 23.9. The molecule has 0 spiro atoms. The van der Waals surface area contributed by atoms with Gasteiger partial charge >= 0.3 is 6.18 Å². The fourth-order valence-electron chi connectivity index (χ4n) is 4.01. The van der Waals surface area contributed by atoms with Crippen molar-refractivity contribution in [2.45, 2.75) is 6.18 Å². The first-order valence-corrected chi connectivity index (χ1v) is 12.3. The van der Waals surface area contributed by atoms with Crippen LogP contribution in [0.1, 0.15) is 26.4 Å². The number of carbonyl (C=O) groups is 2. The topological polar surface area (TPSA) is 158 Å². The maximum Gasteiger partial charge on any atom is 0.417 e. The maximum absolute atomic E-state index is 13.8. The summed E-state index contributed by atoms with van der Waals surface area (Å²) in [5, 5.41) is 10.4. The molecule has 9 nitrogen and oxygen atoms in total. The summed E-state index contributed by atoms with van der Waals surface area (Å²) in [5.41, 5.74) is 9.36. The zero-order valence-electron chi connectivity index (χ0n) is 19.0. The number of nitrogens with two attached hydrogens (primary N) is 2. The van der Waals surface area contributed by atoms with Crippen molar-refractivity contribution in [2.24, 2.45) is 11.5 Å². The first-order valence-electron chi connectivity index (χ1n) is 10.4. The van der Waals surface area contributed by atoms with Crippen LogP contribution in [0.5, 0.6) is 5.75 Å². The number of nitrogens with zero attached hydrogens (tertiary/aromatic N) is 1. The zero-order valence-corrected chi connectivity index (χ0v) is 19.8. The number of hydrogen-bond acceptors (Lipinski definition) is 5. The number of anilines is 1. The van der Waals surface area contributed by atoms with Crippen molar-refractivity contribution in [3.8, 4) is 22.6 Å². The van der Waals surface area contributed by atoms with E-state index in [0.29, 0.717) is 17.0 Å². The number of alkyl halides is 3. The number of nitrogens with one attached hydrogen (secondary N) is 1. The van der Waals surface area contributed by atoms with Crippen LogP contribution in [-0.4, -0.2) is 36.2 Å². The predicted molar refractivity (Wildman–Crippen MR) is 131 cm³/mol. The van der Waals surface area contributed by atoms with Crippen LogP contribution in [0.4, 0.5) is 18.9 Å². The molecule has 6 N–H and O–H groups in total. The van der Waals surface area contributed by atoms with Crippen LogP contribution >= 0.6 is 0 Å². The summed E-state index contributed by atoms with van der Waals surface area (Å²) in [6.07, 6.45) is -3.92. The molecule has 3 aromatic carbocycles. The molecule has 0 aliphatic heterocycles. The lowest BCUT2D eigenvalue weighted by atomic mass is 9.95. The standard InChI is InChI=1S/C24H19F3N4O5S/c1-37(35,36)30-14-6-5-13-8-20(23(29)34)31(19(13)9-14)15-4-2-3-12(7-15)16-10-17(22(28)33)21(32)11-18(16)24(25,26)27/h2-11,30,32H,1H3,(H2,28,33)(H2,29,34). The predicted octanol–water partition coefficient (Wildman–Crippen LogP) is 3.59. The Hall–Kier alpha value is -4.52. The van der Waals surface area contributed by atoms with Crippen LogP contribution in [-0.2, 0) is 16.2 Å². The van der Waals surface area contributed by atoms with Crippen molar-refractivity contribution in [1.82, 2.24) is 4.57 Å². The Morgan fingerprint density at radius 2 is 1.68 bits per heavy atom. The van der Waals surface area contributed by atoms with Gasteiger partial charge in [0.05, 0.1) is 28.6 Å². The van der Waals surface area contributed by atoms with Gasteiger partial charge in [-0.3, -0.25) is 14.3 Å². The van der Waals surface area contributed by atoms with Crippen LogP contribution in [0.3, 0.4) is 0 Å². The van der Waals surface area contributed by atoms with E-state index in [9.17, 15) is 36.3 Å². The van der Waals surface area contributed by atoms with Gasteiger partial charge in [-0.15, -0.1) is 0 Å². The average Bonchev–Trinajstić information content (AvgIpc) is 3.16. The molecule has 13 heteroatoms. The smallest absolute Gasteiger partial charge is 0.417 e. The minimum absolute atomic E-state index is 0.00462. The zero-order chi connectivity index (χ0) is 27.3. The summed E-state index contributed by atoms with van der Waals surface area (Å²) < 4.78 is 68.6. The van der Waals surface area contributed by atoms with Crippen LogP contribution in [0.2, 0.25) is 0 Å². The molecule has 0 saturated carbocycles. The van der Waals surface area contributed by atoms with Crippen molar-refractivity contribution in [3.05, 3.63) is 77.5 Å². The second-order valence-corrected chi connectivity index (χ2v) is 9.95. The number of halogens is 3. The van der Waals surface area contributed by atoms with Crippen LogP contribution in [0, 0.1) is 0 Å². The normalized spacial score (nSPS) is 12.0. The molecule has 0 fully saturated rings. The van der Waals surface area contributed by atoms with Gasteiger partial charge in [0.2, 0.25) is 10.0 Å². The SMILES string of the molecule is CS(=O)(=O)Nc1ccc2cc(C(N)=O)n(-c3cccc(-c4cc(C(N)=O)c(O)cc4C(F)(F)F)c3)c2c1. The summed E-state index contributed by atoms with van der Waals surface area (Å²) in [5.74, 6) is -2.88. The number of aromatic nitrogens is 1. The van der Waals surface area contributed by atoms with Gasteiger partial charge in [0.25, 0.3) is 11.8 Å². The largest absolute Gasteiger partial charge is 0.507 e. The molecule has 37 heavy (non-hydrogen) atoms. The van der Waals surface area contributed by atoms with Gasteiger partial charge in [0.15, 0.2) is 0 Å². The van der Waals surface area contributed by atoms with E-state index in [2.05, 4.69) is 4.72 Å². The molecule has 0 aliphatic carbocycles. The molecule has 0 bridgehead atoms. The van der Waals surface area contributed by atoms with E-state index in [4.69, 9.17) is 11.5 Å². The lowest BCUT2D eigenvalue weighted by Gasteiger charge is -2.17. The van der Waals surface area contributed by atoms with E-state index in [1.807, 2.05) is 0 Å². The highest BCUT2D eigenvalue weighted by atomic mass is 32.2. The minimum atomic E-state index is -4.89. The molecule has 1 aromatic heterocycles. The third kappa shape index (κ3) is 5.07. The molecule has 4 aromatic rings. The average molecular weight is 533 g/mol. The third-order valence-corrected chi connectivity index (χ3v) is 6.09. The van der Waals surface area contributed by atoms with Crippen molar-refractivity contribution in [1.29, 1.82) is 0 Å². The van der Waals surface area contributed by atoms with Gasteiger partial charge in [-0.1, -0.05) is 18.2 Å². The Bertz CT molecular complexity index is 1690. The van der Waals surface area contributed by atoms with Gasteiger partial charge in [0.1, 0.15) is 11.4 Å². The second-order valence-electron chi connectivity index (χ2n) is 8.20. The monoisotopic (exact) mass is 532 g/mol. The molecule has 192 valence electrons. The van der Waals surface area contributed by atoms with Gasteiger partial charge in [0, 0.05) is 11.1 Å². The van der Waals surface area contributed by atoms with E-state index in [0.717, 1.165) is 12.3 Å². The highest BCUT2D eigenvalue weighted by Gasteiger charge is 2.35. The van der Waals surface area contributed by atoms with Crippen molar-refractivity contribution >= 4 is 38.4 Å². The van der Waals surface area contributed by atoms with Crippen molar-refractivity contribution < 1.29 is 36.3 Å². The summed E-state index contributed by atoms with van der Waals surface area (Å²) in [6, 6.07) is 12.8. The first-order chi connectivity index (χ1) is 17.2. The minimum Gasteiger partial charge on any atom is -0.507 e. The summed E-state index contributed by atoms with van der Waals surface area (Å²) in [6.45, 7) is 0. The number of amides is 2. The van der Waals surface area contributed by atoms with E-state index < -0.39 is 50.5 Å². The molecular formula is C24H19F3N4O5S. The van der Waals surface area contributed by atoms with Crippen LogP contribution in [0.25, 0.3) is 27.7 Å². The number of aromatic hydroxyl groups is 1. The number of carbonyl (C=O) groups excluding carboxylic acids is 2. The van der Waals surface area contributed by atoms with E-state index in [-0.39, 0.29) is 22.6 Å². The van der Waals surface area contributed by atoms with Crippen molar-refractivity contribution in [2.75, 3.05) is 11.0 Å². The Balaban J connectivity index is 1.99. The number of hydrogen-bond donors (Lipinski definition) is 4. The molecule has 0 atom stereocenters. The molecule has 4 rings (SSSR count). The van der Waals surface area contributed by atoms with Crippen LogP contribution in [0.15, 0.2) is 60.7 Å². The molecule has 1 heterocycles. The Morgan fingerprint density at radius 3 is 2.27 bits per heavy atom. The summed E-state index contributed by atoms with van der Waals surface area (Å²) >= 11 is 0. The Kier molecular flexibility index (Phi) is 6.12. The van der Waals surface area contributed by atoms with Crippen molar-refractivity contribution in [3.63, 3.8) is 0 Å². The molecule has 0 aliphatic rings. The van der Waals surface area contributed by atoms with Gasteiger partial charge in [-0.2, -0.15) is 13.2 Å². The lowest BCUT2D eigenvalue weighted by molar-refractivity contribution is -0.137. The number of sulfonamides is 1. The number of fused-ring (bicyclic) bond motifs is 1. The molecule has 0 unspecified atom stereocenters. The van der Waals surface area contributed by atoms with Gasteiger partial charge < -0.3 is 21.1 Å². The molecule has 0 saturated heterocycles. The fourth-order valence-corrected chi connectivity index (χ4v) is 4.56. The molecular weight excluding hydrogens is 513 g/mol. The highest BCUT2D eigenvalue weighted by molar-refractivity contribution is 7.92. The third-order valence-electron chi connectivity index (χ3n) is 5.48. The number of benzene rings is 3. The van der Waals surface area contributed by atoms with Crippen LogP contribution < -0.4 is 16.2 Å². The van der Waals surface area contributed by atoms with Gasteiger partial charge in [-0.25, -0.2) is 8.42 Å².